The van der Waals surface area contributed by atoms with Crippen LogP contribution in [0.3, 0.4) is 0 Å². The number of carbonyl (C=O) groups excluding carboxylic acids is 1. The van der Waals surface area contributed by atoms with Gasteiger partial charge in [0.05, 0.1) is 22.3 Å². The Balaban J connectivity index is 1.55. The number of hydrogen-bond acceptors (Lipinski definition) is 4. The smallest absolute Gasteiger partial charge is 0.406 e. The Morgan fingerprint density at radius 3 is 2.42 bits per heavy atom. The van der Waals surface area contributed by atoms with Gasteiger partial charge in [-0.3, -0.25) is 14.8 Å². The Morgan fingerprint density at radius 2 is 1.83 bits per heavy atom. The van der Waals surface area contributed by atoms with Crippen LogP contribution in [0.2, 0.25) is 5.02 Å². The Morgan fingerprint density at radius 1 is 1.14 bits per heavy atom. The molecule has 0 saturated carbocycles. The number of aromatic nitrogens is 2. The van der Waals surface area contributed by atoms with Crippen molar-refractivity contribution in [2.75, 3.05) is 5.32 Å². The van der Waals surface area contributed by atoms with E-state index in [4.69, 9.17) is 16.7 Å². The highest BCUT2D eigenvalue weighted by molar-refractivity contribution is 6.30. The maximum atomic E-state index is 14.3. The van der Waals surface area contributed by atoms with Crippen LogP contribution in [0, 0.1) is 5.82 Å². The first-order valence-corrected chi connectivity index (χ1v) is 11.6. The summed E-state index contributed by atoms with van der Waals surface area (Å²) in [5.74, 6) is -1.58. The standard InChI is InChI=1S/C25H25ClF4N4O2/c1-24(2,3)34-11-10-20(33-34)17-13-21(32-22(17)14-4-9-18(26)19(27)12-14)23(35)31-15-5-7-16(8-6-15)36-25(28,29)30/h4-12,17,21-22,32H,13H2,1-3H3,(H,31,35)/t17-,21+,22+/m1/s1. The zero-order valence-electron chi connectivity index (χ0n) is 19.7. The lowest BCUT2D eigenvalue weighted by Crippen LogP contribution is -2.36. The van der Waals surface area contributed by atoms with Gasteiger partial charge in [0.1, 0.15) is 11.6 Å². The molecular weight excluding hydrogens is 500 g/mol. The summed E-state index contributed by atoms with van der Waals surface area (Å²) in [6, 6.07) is 10.2. The minimum Gasteiger partial charge on any atom is -0.406 e. The fourth-order valence-electron chi connectivity index (χ4n) is 4.18. The van der Waals surface area contributed by atoms with Crippen LogP contribution < -0.4 is 15.4 Å². The van der Waals surface area contributed by atoms with E-state index < -0.39 is 24.3 Å². The van der Waals surface area contributed by atoms with Gasteiger partial charge in [-0.25, -0.2) is 4.39 Å². The number of benzene rings is 2. The van der Waals surface area contributed by atoms with Crippen LogP contribution in [-0.4, -0.2) is 28.1 Å². The molecular formula is C25H25ClF4N4O2. The summed E-state index contributed by atoms with van der Waals surface area (Å²) in [4.78, 5) is 13.1. The first-order chi connectivity index (χ1) is 16.8. The second-order valence-corrected chi connectivity index (χ2v) is 10.0. The molecule has 1 fully saturated rings. The van der Waals surface area contributed by atoms with E-state index in [-0.39, 0.29) is 28.1 Å². The Bertz CT molecular complexity index is 1240. The molecule has 2 aromatic carbocycles. The van der Waals surface area contributed by atoms with Gasteiger partial charge in [-0.05, 0) is 75.2 Å². The van der Waals surface area contributed by atoms with Crippen LogP contribution in [0.1, 0.15) is 50.4 Å². The molecule has 3 aromatic rings. The maximum Gasteiger partial charge on any atom is 0.573 e. The molecule has 0 unspecified atom stereocenters. The first-order valence-electron chi connectivity index (χ1n) is 11.2. The van der Waals surface area contributed by atoms with Gasteiger partial charge in [0.25, 0.3) is 0 Å². The van der Waals surface area contributed by atoms with Crippen LogP contribution in [-0.2, 0) is 10.3 Å². The molecule has 0 radical (unpaired) electrons. The zero-order chi connectivity index (χ0) is 26.3. The summed E-state index contributed by atoms with van der Waals surface area (Å²) in [5.41, 5.74) is 1.44. The lowest BCUT2D eigenvalue weighted by atomic mass is 9.90. The summed E-state index contributed by atoms with van der Waals surface area (Å²) in [6.45, 7) is 6.05. The normalized spacial score (nSPS) is 20.4. The van der Waals surface area contributed by atoms with Crippen molar-refractivity contribution in [1.82, 2.24) is 15.1 Å². The highest BCUT2D eigenvalue weighted by Crippen LogP contribution is 2.41. The van der Waals surface area contributed by atoms with Gasteiger partial charge in [0, 0.05) is 23.8 Å². The quantitative estimate of drug-likeness (QED) is 0.393. The molecule has 1 aliphatic heterocycles. The van der Waals surface area contributed by atoms with E-state index >= 15 is 0 Å². The first kappa shape index (κ1) is 26.0. The molecule has 36 heavy (non-hydrogen) atoms. The number of nitrogens with one attached hydrogen (secondary N) is 2. The van der Waals surface area contributed by atoms with Crippen LogP contribution >= 0.6 is 11.6 Å². The zero-order valence-corrected chi connectivity index (χ0v) is 20.5. The number of anilines is 1. The van der Waals surface area contributed by atoms with Crippen molar-refractivity contribution in [1.29, 1.82) is 0 Å². The molecule has 6 nitrogen and oxygen atoms in total. The summed E-state index contributed by atoms with van der Waals surface area (Å²) in [6.07, 6.45) is -2.56. The van der Waals surface area contributed by atoms with E-state index in [1.54, 1.807) is 6.07 Å². The van der Waals surface area contributed by atoms with Crippen molar-refractivity contribution < 1.29 is 27.1 Å². The fourth-order valence-corrected chi connectivity index (χ4v) is 4.30. The molecule has 0 bridgehead atoms. The number of amides is 1. The highest BCUT2D eigenvalue weighted by Gasteiger charge is 2.40. The van der Waals surface area contributed by atoms with Crippen LogP contribution in [0.5, 0.6) is 5.75 Å². The third-order valence-electron chi connectivity index (χ3n) is 5.92. The minimum atomic E-state index is -4.80. The number of alkyl halides is 3. The monoisotopic (exact) mass is 524 g/mol. The van der Waals surface area contributed by atoms with Crippen LogP contribution in [0.4, 0.5) is 23.2 Å². The Hall–Kier alpha value is -3.11. The number of nitrogens with zero attached hydrogens (tertiary/aromatic N) is 2. The average Bonchev–Trinajstić information content (AvgIpc) is 3.43. The number of carbonyl (C=O) groups is 1. The molecule has 1 saturated heterocycles. The lowest BCUT2D eigenvalue weighted by molar-refractivity contribution is -0.274. The van der Waals surface area contributed by atoms with Crippen molar-refractivity contribution in [2.45, 2.75) is 57.1 Å². The maximum absolute atomic E-state index is 14.3. The second kappa shape index (κ2) is 9.74. The molecule has 4 rings (SSSR count). The van der Waals surface area contributed by atoms with Gasteiger partial charge >= 0.3 is 6.36 Å². The number of rotatable bonds is 5. The van der Waals surface area contributed by atoms with Gasteiger partial charge in [-0.1, -0.05) is 17.7 Å². The van der Waals surface area contributed by atoms with E-state index in [0.29, 0.717) is 17.7 Å². The van der Waals surface area contributed by atoms with Gasteiger partial charge < -0.3 is 10.1 Å². The highest BCUT2D eigenvalue weighted by atomic mass is 35.5. The summed E-state index contributed by atoms with van der Waals surface area (Å²) >= 11 is 5.86. The van der Waals surface area contributed by atoms with Crippen LogP contribution in [0.15, 0.2) is 54.7 Å². The third kappa shape index (κ3) is 5.99. The van der Waals surface area contributed by atoms with E-state index in [9.17, 15) is 22.4 Å². The molecule has 11 heteroatoms. The molecule has 2 N–H and O–H groups in total. The molecule has 0 spiro atoms. The fraction of sp³-hybridized carbons (Fsp3) is 0.360. The Kier molecular flexibility index (Phi) is 7.03. The van der Waals surface area contributed by atoms with Gasteiger partial charge in [0.2, 0.25) is 5.91 Å². The van der Waals surface area contributed by atoms with Crippen molar-refractivity contribution in [3.63, 3.8) is 0 Å². The van der Waals surface area contributed by atoms with Crippen molar-refractivity contribution in [3.05, 3.63) is 76.8 Å². The molecule has 1 amide bonds. The van der Waals surface area contributed by atoms with E-state index in [0.717, 1.165) is 17.8 Å². The molecule has 0 aliphatic carbocycles. The van der Waals surface area contributed by atoms with E-state index in [1.807, 2.05) is 37.7 Å². The topological polar surface area (TPSA) is 68.2 Å². The van der Waals surface area contributed by atoms with Gasteiger partial charge in [0.15, 0.2) is 0 Å². The van der Waals surface area contributed by atoms with Crippen molar-refractivity contribution in [2.24, 2.45) is 0 Å². The van der Waals surface area contributed by atoms with Gasteiger partial charge in [-0.2, -0.15) is 5.10 Å². The van der Waals surface area contributed by atoms with Crippen LogP contribution in [0.25, 0.3) is 0 Å². The lowest BCUT2D eigenvalue weighted by Gasteiger charge is -2.21. The molecule has 1 aromatic heterocycles. The van der Waals surface area contributed by atoms with E-state index in [2.05, 4.69) is 15.4 Å². The van der Waals surface area contributed by atoms with Gasteiger partial charge in [-0.15, -0.1) is 13.2 Å². The largest absolute Gasteiger partial charge is 0.573 e. The predicted octanol–water partition coefficient (Wildman–Crippen LogP) is 6.15. The molecule has 2 heterocycles. The summed E-state index contributed by atoms with van der Waals surface area (Å²) in [5, 5.41) is 10.7. The summed E-state index contributed by atoms with van der Waals surface area (Å²) in [7, 11) is 0. The SMILES string of the molecule is CC(C)(C)n1ccc([C@H]2C[C@@H](C(=O)Nc3ccc(OC(F)(F)F)cc3)N[C@H]2c2ccc(Cl)c(F)c2)n1. The Labute approximate surface area is 210 Å². The second-order valence-electron chi connectivity index (χ2n) is 9.63. The number of hydrogen-bond donors (Lipinski definition) is 2. The molecule has 3 atom stereocenters. The van der Waals surface area contributed by atoms with E-state index in [1.165, 1.54) is 24.3 Å². The molecule has 1 aliphatic rings. The average molecular weight is 525 g/mol. The van der Waals surface area contributed by atoms with Crippen molar-refractivity contribution in [3.8, 4) is 5.75 Å². The number of ether oxygens (including phenoxy) is 1. The number of halogens is 5. The summed E-state index contributed by atoms with van der Waals surface area (Å²) < 4.78 is 57.1. The third-order valence-corrected chi connectivity index (χ3v) is 6.23. The predicted molar refractivity (Wildman–Crippen MR) is 127 cm³/mol. The minimum absolute atomic E-state index is 0.00227. The van der Waals surface area contributed by atoms with Crippen molar-refractivity contribution >= 4 is 23.2 Å². The molecule has 192 valence electrons.